The lowest BCUT2D eigenvalue weighted by Crippen LogP contribution is -2.21. The molecule has 0 unspecified atom stereocenters. The fraction of sp³-hybridized carbons (Fsp3) is 0.161. The van der Waals surface area contributed by atoms with Crippen LogP contribution in [-0.2, 0) is 23.3 Å². The van der Waals surface area contributed by atoms with Crippen molar-refractivity contribution in [3.05, 3.63) is 137 Å². The third kappa shape index (κ3) is 5.37. The van der Waals surface area contributed by atoms with Crippen molar-refractivity contribution in [2.75, 3.05) is 5.32 Å². The Morgan fingerprint density at radius 1 is 0.833 bits per heavy atom. The normalized spacial score (nSPS) is 18.3. The molecular weight excluding hydrogens is 448 g/mol. The Hall–Kier alpha value is -4.22. The van der Waals surface area contributed by atoms with Gasteiger partial charge in [-0.05, 0) is 40.8 Å². The molecule has 1 fully saturated rings. The number of anilines is 1. The average Bonchev–Trinajstić information content (AvgIpc) is 3.62. The fourth-order valence-corrected chi connectivity index (χ4v) is 4.56. The van der Waals surface area contributed by atoms with Gasteiger partial charge < -0.3 is 10.5 Å². The van der Waals surface area contributed by atoms with Crippen LogP contribution in [-0.4, -0.2) is 11.9 Å². The van der Waals surface area contributed by atoms with E-state index in [1.54, 1.807) is 24.3 Å². The molecule has 0 saturated heterocycles. The molecule has 4 aromatic carbocycles. The zero-order valence-corrected chi connectivity index (χ0v) is 19.9. The van der Waals surface area contributed by atoms with Gasteiger partial charge in [0.2, 0.25) is 0 Å². The number of benzene rings is 4. The van der Waals surface area contributed by atoms with Gasteiger partial charge in [0, 0.05) is 29.1 Å². The molecule has 5 nitrogen and oxygen atoms in total. The van der Waals surface area contributed by atoms with Gasteiger partial charge in [0.15, 0.2) is 5.78 Å². The monoisotopic (exact) mass is 476 g/mol. The lowest BCUT2D eigenvalue weighted by Gasteiger charge is -2.12. The largest absolute Gasteiger partial charge is 0.444 e. The van der Waals surface area contributed by atoms with Crippen LogP contribution >= 0.6 is 0 Å². The van der Waals surface area contributed by atoms with E-state index >= 15 is 0 Å². The van der Waals surface area contributed by atoms with Gasteiger partial charge in [-0.2, -0.15) is 0 Å². The molecule has 0 aliphatic heterocycles. The van der Waals surface area contributed by atoms with E-state index in [1.807, 2.05) is 60.7 Å². The molecule has 0 spiro atoms. The van der Waals surface area contributed by atoms with Crippen molar-refractivity contribution in [2.24, 2.45) is 5.73 Å². The quantitative estimate of drug-likeness (QED) is 0.297. The number of carbonyl (C=O) groups is 2. The molecule has 1 amide bonds. The highest BCUT2D eigenvalue weighted by Gasteiger charge is 2.52. The molecule has 180 valence electrons. The van der Waals surface area contributed by atoms with Crippen molar-refractivity contribution in [1.82, 2.24) is 0 Å². The van der Waals surface area contributed by atoms with Crippen LogP contribution in [0.5, 0.6) is 0 Å². The number of rotatable bonds is 8. The number of hydrogen-bond donors (Lipinski definition) is 2. The number of ether oxygens (including phenoxy) is 1. The summed E-state index contributed by atoms with van der Waals surface area (Å²) in [6, 6.07) is 34.7. The van der Waals surface area contributed by atoms with Gasteiger partial charge in [-0.1, -0.05) is 97.1 Å². The van der Waals surface area contributed by atoms with Gasteiger partial charge in [0.05, 0.1) is 0 Å². The molecule has 4 aromatic rings. The molecule has 0 bridgehead atoms. The van der Waals surface area contributed by atoms with E-state index in [4.69, 9.17) is 10.5 Å². The third-order valence-electron chi connectivity index (χ3n) is 6.71. The predicted molar refractivity (Wildman–Crippen MR) is 141 cm³/mol. The highest BCUT2D eigenvalue weighted by molar-refractivity contribution is 5.99. The summed E-state index contributed by atoms with van der Waals surface area (Å²) in [4.78, 5) is 25.1. The smallest absolute Gasteiger partial charge is 0.411 e. The first kappa shape index (κ1) is 23.5. The van der Waals surface area contributed by atoms with E-state index in [1.165, 1.54) is 5.56 Å². The van der Waals surface area contributed by atoms with Gasteiger partial charge >= 0.3 is 6.09 Å². The highest BCUT2D eigenvalue weighted by Crippen LogP contribution is 2.56. The minimum absolute atomic E-state index is 0.0204. The minimum atomic E-state index is -0.564. The maximum Gasteiger partial charge on any atom is 0.411 e. The Balaban J connectivity index is 1.17. The number of ketones is 1. The van der Waals surface area contributed by atoms with E-state index < -0.39 is 6.09 Å². The van der Waals surface area contributed by atoms with Crippen LogP contribution in [0.15, 0.2) is 109 Å². The lowest BCUT2D eigenvalue weighted by molar-refractivity contribution is 0.0993. The van der Waals surface area contributed by atoms with Crippen LogP contribution < -0.4 is 11.1 Å². The SMILES string of the molecule is N[C@]1(c2ccccc2)C[C@H]1c1ccc(CC(=O)c2cccc(NC(=O)OCc3ccccc3)c2)cc1. The van der Waals surface area contributed by atoms with Gasteiger partial charge in [0.1, 0.15) is 6.61 Å². The number of Topliss-reactive ketones (excluding diaryl/α,β-unsaturated/α-hetero) is 1. The second-order valence-electron chi connectivity index (χ2n) is 9.27. The highest BCUT2D eigenvalue weighted by atomic mass is 16.5. The topological polar surface area (TPSA) is 81.4 Å². The van der Waals surface area contributed by atoms with Crippen LogP contribution in [0.3, 0.4) is 0 Å². The molecule has 1 aliphatic carbocycles. The molecule has 0 radical (unpaired) electrons. The first-order chi connectivity index (χ1) is 17.5. The first-order valence-electron chi connectivity index (χ1n) is 12.1. The van der Waals surface area contributed by atoms with Crippen molar-refractivity contribution in [2.45, 2.75) is 30.9 Å². The Morgan fingerprint density at radius 3 is 2.25 bits per heavy atom. The molecule has 2 atom stereocenters. The Labute approximate surface area is 210 Å². The summed E-state index contributed by atoms with van der Waals surface area (Å²) >= 11 is 0. The molecule has 3 N–H and O–H groups in total. The van der Waals surface area contributed by atoms with Crippen molar-refractivity contribution >= 4 is 17.6 Å². The van der Waals surface area contributed by atoms with Crippen LogP contribution in [0.25, 0.3) is 0 Å². The second-order valence-corrected chi connectivity index (χ2v) is 9.27. The molecule has 5 heteroatoms. The zero-order valence-electron chi connectivity index (χ0n) is 19.9. The lowest BCUT2D eigenvalue weighted by atomic mass is 9.97. The minimum Gasteiger partial charge on any atom is -0.444 e. The van der Waals surface area contributed by atoms with Crippen molar-refractivity contribution < 1.29 is 14.3 Å². The third-order valence-corrected chi connectivity index (χ3v) is 6.71. The van der Waals surface area contributed by atoms with Gasteiger partial charge in [0.25, 0.3) is 0 Å². The van der Waals surface area contributed by atoms with Crippen molar-refractivity contribution in [3.63, 3.8) is 0 Å². The molecule has 0 aromatic heterocycles. The number of nitrogens with one attached hydrogen (secondary N) is 1. The van der Waals surface area contributed by atoms with Crippen LogP contribution in [0, 0.1) is 0 Å². The van der Waals surface area contributed by atoms with E-state index in [0.717, 1.165) is 23.1 Å². The van der Waals surface area contributed by atoms with E-state index in [0.29, 0.717) is 11.3 Å². The second kappa shape index (κ2) is 10.2. The van der Waals surface area contributed by atoms with Crippen molar-refractivity contribution in [3.8, 4) is 0 Å². The number of nitrogens with two attached hydrogens (primary N) is 1. The molecule has 1 aliphatic rings. The summed E-state index contributed by atoms with van der Waals surface area (Å²) in [5.41, 5.74) is 11.6. The van der Waals surface area contributed by atoms with E-state index in [9.17, 15) is 9.59 Å². The summed E-state index contributed by atoms with van der Waals surface area (Å²) in [6.45, 7) is 0.179. The maximum absolute atomic E-state index is 12.9. The molecule has 5 rings (SSSR count). The Morgan fingerprint density at radius 2 is 1.53 bits per heavy atom. The summed E-state index contributed by atoms with van der Waals surface area (Å²) < 4.78 is 5.26. The van der Waals surface area contributed by atoms with Gasteiger partial charge in [-0.15, -0.1) is 0 Å². The van der Waals surface area contributed by atoms with E-state index in [-0.39, 0.29) is 30.3 Å². The van der Waals surface area contributed by atoms with Crippen LogP contribution in [0.2, 0.25) is 0 Å². The summed E-state index contributed by atoms with van der Waals surface area (Å²) in [5.74, 6) is 0.266. The molecule has 0 heterocycles. The summed E-state index contributed by atoms with van der Waals surface area (Å²) in [7, 11) is 0. The van der Waals surface area contributed by atoms with Crippen molar-refractivity contribution in [1.29, 1.82) is 0 Å². The Kier molecular flexibility index (Phi) is 6.65. The predicted octanol–water partition coefficient (Wildman–Crippen LogP) is 6.20. The van der Waals surface area contributed by atoms with Gasteiger partial charge in [-0.3, -0.25) is 10.1 Å². The zero-order chi connectivity index (χ0) is 25.0. The molecular formula is C31H28N2O3. The number of carbonyl (C=O) groups excluding carboxylic acids is 2. The summed E-state index contributed by atoms with van der Waals surface area (Å²) in [5, 5.41) is 2.69. The van der Waals surface area contributed by atoms with Gasteiger partial charge in [-0.25, -0.2) is 4.79 Å². The standard InChI is InChI=1S/C31H28N2O3/c32-31(26-11-5-2-6-12-26)20-28(31)24-16-14-22(15-17-24)18-29(34)25-10-7-13-27(19-25)33-30(35)36-21-23-8-3-1-4-9-23/h1-17,19,28H,18,20-21,32H2,(H,33,35)/t28-,31-/m0/s1. The first-order valence-corrected chi connectivity index (χ1v) is 12.1. The molecule has 36 heavy (non-hydrogen) atoms. The summed E-state index contributed by atoms with van der Waals surface area (Å²) in [6.07, 6.45) is 0.632. The number of amides is 1. The average molecular weight is 477 g/mol. The van der Waals surface area contributed by atoms with Crippen LogP contribution in [0.4, 0.5) is 10.5 Å². The van der Waals surface area contributed by atoms with Crippen LogP contribution in [0.1, 0.15) is 45.0 Å². The van der Waals surface area contributed by atoms with E-state index in [2.05, 4.69) is 29.6 Å². The fourth-order valence-electron chi connectivity index (χ4n) is 4.56. The maximum atomic E-state index is 12.9. The number of hydrogen-bond acceptors (Lipinski definition) is 4. The molecule has 1 saturated carbocycles. The Bertz CT molecular complexity index is 1350.